The third kappa shape index (κ3) is 12.8. The van der Waals surface area contributed by atoms with E-state index in [9.17, 15) is 24.0 Å². The molecular formula is C47H71N7O8. The van der Waals surface area contributed by atoms with Crippen LogP contribution in [0.5, 0.6) is 0 Å². The van der Waals surface area contributed by atoms with E-state index in [1.807, 2.05) is 49.2 Å². The molecule has 0 aliphatic carbocycles. The summed E-state index contributed by atoms with van der Waals surface area (Å²) in [6, 6.07) is 11.4. The molecule has 3 fully saturated rings. The highest BCUT2D eigenvalue weighted by Gasteiger charge is 2.35. The number of carbonyl (C=O) groups is 4. The van der Waals surface area contributed by atoms with E-state index in [1.54, 1.807) is 22.9 Å². The number of piperazine rings is 1. The third-order valence-electron chi connectivity index (χ3n) is 12.7. The van der Waals surface area contributed by atoms with Crippen molar-refractivity contribution in [3.63, 3.8) is 0 Å². The molecule has 0 bridgehead atoms. The number of amides is 4. The molecule has 4 amide bonds. The van der Waals surface area contributed by atoms with Crippen molar-refractivity contribution in [2.45, 2.75) is 105 Å². The first kappa shape index (κ1) is 48.1. The van der Waals surface area contributed by atoms with Gasteiger partial charge in [0.2, 0.25) is 0 Å². The largest absolute Gasteiger partial charge is 0.465 e. The molecule has 15 heteroatoms. The zero-order valence-corrected chi connectivity index (χ0v) is 37.0. The summed E-state index contributed by atoms with van der Waals surface area (Å²) < 4.78 is 18.1. The molecular weight excluding hydrogens is 791 g/mol. The highest BCUT2D eigenvalue weighted by molar-refractivity contribution is 5.91. The van der Waals surface area contributed by atoms with Gasteiger partial charge in [0, 0.05) is 71.0 Å². The number of piperidine rings is 2. The maximum absolute atomic E-state index is 13.7. The average molecular weight is 862 g/mol. The summed E-state index contributed by atoms with van der Waals surface area (Å²) in [5.41, 5.74) is 4.68. The van der Waals surface area contributed by atoms with Crippen LogP contribution in [-0.2, 0) is 39.0 Å². The summed E-state index contributed by atoms with van der Waals surface area (Å²) in [4.78, 5) is 73.6. The smallest absolute Gasteiger partial charge is 0.419 e. The van der Waals surface area contributed by atoms with Crippen molar-refractivity contribution in [2.75, 3.05) is 84.4 Å². The SMILES string of the molecule is C.CCCCCCOC(=O)CN1CCC(C)CC1.Cc1cc(C[C@@H](OC(=O)N2CCC(N3CCc4ccccc4NC3=O)CC2)C(=O)N2CCN(C)CC2)cc2oc(=O)n(C)c12. The van der Waals surface area contributed by atoms with Crippen molar-refractivity contribution in [1.82, 2.24) is 29.1 Å². The second-order valence-corrected chi connectivity index (χ2v) is 17.4. The first-order chi connectivity index (χ1) is 29.4. The fraction of sp³-hybridized carbons (Fsp3) is 0.638. The van der Waals surface area contributed by atoms with Gasteiger partial charge in [-0.3, -0.25) is 19.1 Å². The fourth-order valence-electron chi connectivity index (χ4n) is 8.78. The number of nitrogens with zero attached hydrogens (tertiary/aromatic N) is 6. The molecule has 5 heterocycles. The maximum atomic E-state index is 13.7. The lowest BCUT2D eigenvalue weighted by Gasteiger charge is -2.38. The van der Waals surface area contributed by atoms with Crippen LogP contribution in [0.1, 0.15) is 89.3 Å². The number of carbonyl (C=O) groups excluding carboxylic acids is 4. The Morgan fingerprint density at radius 3 is 2.29 bits per heavy atom. The van der Waals surface area contributed by atoms with E-state index in [1.165, 1.54) is 36.7 Å². The van der Waals surface area contributed by atoms with E-state index in [0.717, 1.165) is 67.3 Å². The van der Waals surface area contributed by atoms with E-state index in [0.29, 0.717) is 69.8 Å². The van der Waals surface area contributed by atoms with Crippen molar-refractivity contribution in [2.24, 2.45) is 13.0 Å². The monoisotopic (exact) mass is 862 g/mol. The summed E-state index contributed by atoms with van der Waals surface area (Å²) in [7, 11) is 3.67. The van der Waals surface area contributed by atoms with Crippen molar-refractivity contribution >= 4 is 40.8 Å². The molecule has 0 radical (unpaired) electrons. The van der Waals surface area contributed by atoms with Gasteiger partial charge in [0.15, 0.2) is 11.7 Å². The van der Waals surface area contributed by atoms with Crippen molar-refractivity contribution in [3.05, 3.63) is 63.6 Å². The molecule has 7 rings (SSSR count). The highest BCUT2D eigenvalue weighted by Crippen LogP contribution is 2.26. The number of anilines is 1. The normalized spacial score (nSPS) is 18.5. The second-order valence-electron chi connectivity index (χ2n) is 17.4. The number of hydrogen-bond acceptors (Lipinski definition) is 10. The summed E-state index contributed by atoms with van der Waals surface area (Å²) in [5.74, 6) is 0.0871. The Hall–Kier alpha value is -4.89. The number of hydrogen-bond donors (Lipinski definition) is 1. The third-order valence-corrected chi connectivity index (χ3v) is 12.7. The van der Waals surface area contributed by atoms with Crippen LogP contribution in [0.2, 0.25) is 0 Å². The molecule has 1 atom stereocenters. The number of likely N-dealkylation sites (tertiary alicyclic amines) is 2. The molecule has 0 unspecified atom stereocenters. The zero-order valence-electron chi connectivity index (χ0n) is 37.0. The Morgan fingerprint density at radius 1 is 0.871 bits per heavy atom. The Labute approximate surface area is 367 Å². The number of oxazole rings is 1. The fourth-order valence-corrected chi connectivity index (χ4v) is 8.78. The summed E-state index contributed by atoms with van der Waals surface area (Å²) >= 11 is 0. The van der Waals surface area contributed by atoms with Gasteiger partial charge in [0.1, 0.15) is 0 Å². The van der Waals surface area contributed by atoms with Gasteiger partial charge in [-0.2, -0.15) is 0 Å². The zero-order chi connectivity index (χ0) is 43.5. The topological polar surface area (TPSA) is 150 Å². The average Bonchev–Trinajstić information content (AvgIpc) is 3.43. The molecule has 15 nitrogen and oxygen atoms in total. The highest BCUT2D eigenvalue weighted by atomic mass is 16.6. The summed E-state index contributed by atoms with van der Waals surface area (Å²) in [5, 5.41) is 3.03. The summed E-state index contributed by atoms with van der Waals surface area (Å²) in [6.45, 7) is 13.6. The molecule has 1 N–H and O–H groups in total. The molecule has 0 saturated carbocycles. The van der Waals surface area contributed by atoms with Crippen molar-refractivity contribution in [3.8, 4) is 0 Å². The number of para-hydroxylation sites is 1. The van der Waals surface area contributed by atoms with E-state index in [2.05, 4.69) is 29.0 Å². The minimum absolute atomic E-state index is 0. The molecule has 2 aromatic carbocycles. The van der Waals surface area contributed by atoms with E-state index >= 15 is 0 Å². The van der Waals surface area contributed by atoms with Gasteiger partial charge in [0.05, 0.1) is 18.7 Å². The van der Waals surface area contributed by atoms with Gasteiger partial charge in [-0.05, 0) is 100 Å². The number of urea groups is 1. The number of unbranched alkanes of at least 4 members (excludes halogenated alkanes) is 3. The number of esters is 1. The van der Waals surface area contributed by atoms with E-state index in [4.69, 9.17) is 13.9 Å². The number of aryl methyl sites for hydroxylation is 2. The van der Waals surface area contributed by atoms with Gasteiger partial charge in [-0.25, -0.2) is 14.4 Å². The lowest BCUT2D eigenvalue weighted by atomic mass is 9.99. The van der Waals surface area contributed by atoms with Gasteiger partial charge < -0.3 is 38.8 Å². The van der Waals surface area contributed by atoms with Gasteiger partial charge in [-0.1, -0.05) is 64.8 Å². The number of fused-ring (bicyclic) bond motifs is 2. The van der Waals surface area contributed by atoms with Crippen molar-refractivity contribution < 1.29 is 33.1 Å². The predicted molar refractivity (Wildman–Crippen MR) is 241 cm³/mol. The van der Waals surface area contributed by atoms with Crippen LogP contribution in [0.15, 0.2) is 45.6 Å². The molecule has 4 aliphatic rings. The number of rotatable bonds is 12. The van der Waals surface area contributed by atoms with Crippen LogP contribution >= 0.6 is 0 Å². The Morgan fingerprint density at radius 2 is 1.58 bits per heavy atom. The predicted octanol–water partition coefficient (Wildman–Crippen LogP) is 6.29. The molecule has 4 aliphatic heterocycles. The first-order valence-electron chi connectivity index (χ1n) is 22.5. The van der Waals surface area contributed by atoms with Gasteiger partial charge in [-0.15, -0.1) is 0 Å². The molecule has 0 spiro atoms. The van der Waals surface area contributed by atoms with Crippen LogP contribution in [0.3, 0.4) is 0 Å². The minimum atomic E-state index is -1.02. The lowest BCUT2D eigenvalue weighted by Crippen LogP contribution is -2.53. The summed E-state index contributed by atoms with van der Waals surface area (Å²) in [6.07, 6.45) is 7.69. The Balaban J connectivity index is 0.000000341. The van der Waals surface area contributed by atoms with E-state index < -0.39 is 18.0 Å². The second kappa shape index (κ2) is 23.0. The van der Waals surface area contributed by atoms with Crippen LogP contribution in [0.25, 0.3) is 11.1 Å². The minimum Gasteiger partial charge on any atom is -0.465 e. The van der Waals surface area contributed by atoms with Gasteiger partial charge in [0.25, 0.3) is 5.91 Å². The number of likely N-dealkylation sites (N-methyl/N-ethyl adjacent to an activating group) is 1. The van der Waals surface area contributed by atoms with Crippen molar-refractivity contribution in [1.29, 1.82) is 0 Å². The van der Waals surface area contributed by atoms with Crippen LogP contribution in [0, 0.1) is 12.8 Å². The van der Waals surface area contributed by atoms with Crippen LogP contribution in [-0.4, -0.2) is 144 Å². The Bertz CT molecular complexity index is 2010. The quantitative estimate of drug-likeness (QED) is 0.163. The first-order valence-corrected chi connectivity index (χ1v) is 22.5. The lowest BCUT2D eigenvalue weighted by molar-refractivity contribution is -0.145. The van der Waals surface area contributed by atoms with Crippen LogP contribution < -0.4 is 11.1 Å². The van der Waals surface area contributed by atoms with Crippen LogP contribution in [0.4, 0.5) is 15.3 Å². The molecule has 342 valence electrons. The number of ether oxygens (including phenoxy) is 2. The molecule has 1 aromatic heterocycles. The van der Waals surface area contributed by atoms with E-state index in [-0.39, 0.29) is 37.8 Å². The molecule has 62 heavy (non-hydrogen) atoms. The molecule has 3 aromatic rings. The standard InChI is InChI=1S/C32H40N6O6.C14H27NO2.CH4/c1-21-18-22(19-26-28(21)35(3)31(41)43-26)20-27(29(39)36-16-14-34(2)15-17-36)44-32(42)37-11-9-24(10-12-37)38-13-8-23-6-4-5-7-25(23)33-30(38)40;1-3-4-5-6-11-17-14(16)12-15-9-7-13(2)8-10-15;/h4-7,18-19,24,27H,8-17,20H2,1-3H3,(H,33,40);13H,3-12H2,1-2H3;1H4/t27-;;/m1../s1. The van der Waals surface area contributed by atoms with Gasteiger partial charge >= 0.3 is 23.8 Å². The number of aromatic nitrogens is 1. The molecule has 3 saturated heterocycles. The Kier molecular flexibility index (Phi) is 17.8. The number of nitrogens with one attached hydrogen (secondary N) is 1. The maximum Gasteiger partial charge on any atom is 0.419 e. The number of benzene rings is 2.